The van der Waals surface area contributed by atoms with E-state index in [9.17, 15) is 0 Å². The Hall–Kier alpha value is -0.450. The standard InChI is InChI=1S/C10H18N2OS/c1-7(11-5-4-6-13)10-8(2)14-9(3)12-10/h7,11,13H,4-6H2,1-3H3. The number of nitrogens with one attached hydrogen (secondary N) is 1. The summed E-state index contributed by atoms with van der Waals surface area (Å²) in [5, 5.41) is 13.1. The maximum atomic E-state index is 8.65. The average molecular weight is 214 g/mol. The summed E-state index contributed by atoms with van der Waals surface area (Å²) in [6, 6.07) is 0.284. The Balaban J connectivity index is 2.51. The zero-order chi connectivity index (χ0) is 10.6. The maximum Gasteiger partial charge on any atom is 0.0900 e. The third kappa shape index (κ3) is 3.04. The molecule has 0 saturated heterocycles. The van der Waals surface area contributed by atoms with E-state index >= 15 is 0 Å². The zero-order valence-electron chi connectivity index (χ0n) is 9.00. The quantitative estimate of drug-likeness (QED) is 0.735. The Morgan fingerprint density at radius 3 is 2.71 bits per heavy atom. The average Bonchev–Trinajstić information content (AvgIpc) is 2.45. The lowest BCUT2D eigenvalue weighted by molar-refractivity contribution is 0.283. The first-order valence-corrected chi connectivity index (χ1v) is 5.75. The molecule has 80 valence electrons. The molecule has 0 amide bonds. The highest BCUT2D eigenvalue weighted by atomic mass is 32.1. The van der Waals surface area contributed by atoms with Gasteiger partial charge in [0.25, 0.3) is 0 Å². The van der Waals surface area contributed by atoms with Crippen LogP contribution in [0, 0.1) is 13.8 Å². The van der Waals surface area contributed by atoms with Gasteiger partial charge in [-0.25, -0.2) is 4.98 Å². The van der Waals surface area contributed by atoms with Gasteiger partial charge in [0.05, 0.1) is 10.7 Å². The number of aliphatic hydroxyl groups is 1. The second kappa shape index (κ2) is 5.44. The number of aryl methyl sites for hydroxylation is 2. The van der Waals surface area contributed by atoms with Crippen LogP contribution in [0.25, 0.3) is 0 Å². The molecule has 2 N–H and O–H groups in total. The van der Waals surface area contributed by atoms with E-state index in [2.05, 4.69) is 24.1 Å². The smallest absolute Gasteiger partial charge is 0.0900 e. The summed E-state index contributed by atoms with van der Waals surface area (Å²) < 4.78 is 0. The van der Waals surface area contributed by atoms with Crippen LogP contribution in [0.2, 0.25) is 0 Å². The predicted molar refractivity (Wildman–Crippen MR) is 59.7 cm³/mol. The first-order valence-electron chi connectivity index (χ1n) is 4.93. The van der Waals surface area contributed by atoms with Crippen LogP contribution in [0.4, 0.5) is 0 Å². The number of hydrogen-bond donors (Lipinski definition) is 2. The number of aromatic nitrogens is 1. The lowest BCUT2D eigenvalue weighted by Gasteiger charge is -2.11. The number of aliphatic hydroxyl groups excluding tert-OH is 1. The molecule has 4 heteroatoms. The minimum Gasteiger partial charge on any atom is -0.396 e. The third-order valence-electron chi connectivity index (χ3n) is 2.13. The maximum absolute atomic E-state index is 8.65. The van der Waals surface area contributed by atoms with Gasteiger partial charge in [-0.15, -0.1) is 11.3 Å². The van der Waals surface area contributed by atoms with E-state index in [-0.39, 0.29) is 12.6 Å². The topological polar surface area (TPSA) is 45.2 Å². The fourth-order valence-corrected chi connectivity index (χ4v) is 2.36. The molecule has 0 bridgehead atoms. The lowest BCUT2D eigenvalue weighted by atomic mass is 10.2. The van der Waals surface area contributed by atoms with Crippen molar-refractivity contribution < 1.29 is 5.11 Å². The molecule has 1 unspecified atom stereocenters. The molecule has 14 heavy (non-hydrogen) atoms. The Morgan fingerprint density at radius 2 is 2.21 bits per heavy atom. The van der Waals surface area contributed by atoms with Crippen molar-refractivity contribution in [3.8, 4) is 0 Å². The summed E-state index contributed by atoms with van der Waals surface area (Å²) in [6.45, 7) is 7.33. The van der Waals surface area contributed by atoms with Crippen molar-refractivity contribution in [3.63, 3.8) is 0 Å². The van der Waals surface area contributed by atoms with Crippen LogP contribution in [0.5, 0.6) is 0 Å². The van der Waals surface area contributed by atoms with Gasteiger partial charge in [-0.2, -0.15) is 0 Å². The van der Waals surface area contributed by atoms with Gasteiger partial charge in [0.2, 0.25) is 0 Å². The first kappa shape index (κ1) is 11.6. The van der Waals surface area contributed by atoms with Gasteiger partial charge in [0.15, 0.2) is 0 Å². The van der Waals surface area contributed by atoms with Gasteiger partial charge in [0, 0.05) is 17.5 Å². The fraction of sp³-hybridized carbons (Fsp3) is 0.700. The first-order chi connectivity index (χ1) is 6.65. The molecule has 1 atom stereocenters. The Bertz CT molecular complexity index is 286. The number of hydrogen-bond acceptors (Lipinski definition) is 4. The van der Waals surface area contributed by atoms with Gasteiger partial charge in [-0.3, -0.25) is 0 Å². The third-order valence-corrected chi connectivity index (χ3v) is 3.04. The zero-order valence-corrected chi connectivity index (χ0v) is 9.82. The summed E-state index contributed by atoms with van der Waals surface area (Å²) in [6.07, 6.45) is 0.798. The van der Waals surface area contributed by atoms with Crippen LogP contribution in [0.15, 0.2) is 0 Å². The summed E-state index contributed by atoms with van der Waals surface area (Å²) in [5.41, 5.74) is 1.14. The van der Waals surface area contributed by atoms with E-state index in [4.69, 9.17) is 5.11 Å². The second-order valence-corrected chi connectivity index (χ2v) is 4.83. The van der Waals surface area contributed by atoms with Gasteiger partial charge in [-0.1, -0.05) is 0 Å². The van der Waals surface area contributed by atoms with E-state index in [0.29, 0.717) is 0 Å². The Labute approximate surface area is 89.2 Å². The summed E-state index contributed by atoms with van der Waals surface area (Å²) in [7, 11) is 0. The SMILES string of the molecule is Cc1nc(C(C)NCCCO)c(C)s1. The molecule has 3 nitrogen and oxygen atoms in total. The molecule has 1 aromatic heterocycles. The van der Waals surface area contributed by atoms with E-state index < -0.39 is 0 Å². The van der Waals surface area contributed by atoms with Crippen LogP contribution >= 0.6 is 11.3 Å². The molecule has 0 spiro atoms. The number of rotatable bonds is 5. The highest BCUT2D eigenvalue weighted by Crippen LogP contribution is 2.22. The molecule has 1 rings (SSSR count). The normalized spacial score (nSPS) is 13.1. The molecule has 0 aromatic carbocycles. The molecular formula is C10H18N2OS. The molecule has 0 fully saturated rings. The van der Waals surface area contributed by atoms with Crippen molar-refractivity contribution in [2.75, 3.05) is 13.2 Å². The van der Waals surface area contributed by atoms with Crippen LogP contribution in [-0.2, 0) is 0 Å². The van der Waals surface area contributed by atoms with E-state index in [1.54, 1.807) is 11.3 Å². The van der Waals surface area contributed by atoms with E-state index in [1.165, 1.54) is 4.88 Å². The van der Waals surface area contributed by atoms with Crippen LogP contribution in [0.3, 0.4) is 0 Å². The molecule has 0 radical (unpaired) electrons. The second-order valence-electron chi connectivity index (χ2n) is 3.43. The summed E-state index contributed by atoms with van der Waals surface area (Å²) in [4.78, 5) is 5.77. The molecule has 1 heterocycles. The lowest BCUT2D eigenvalue weighted by Crippen LogP contribution is -2.21. The van der Waals surface area contributed by atoms with Gasteiger partial charge < -0.3 is 10.4 Å². The van der Waals surface area contributed by atoms with E-state index in [1.807, 2.05) is 6.92 Å². The van der Waals surface area contributed by atoms with Gasteiger partial charge in [0.1, 0.15) is 0 Å². The van der Waals surface area contributed by atoms with Crippen molar-refractivity contribution in [2.45, 2.75) is 33.2 Å². The van der Waals surface area contributed by atoms with Gasteiger partial charge >= 0.3 is 0 Å². The Morgan fingerprint density at radius 1 is 1.50 bits per heavy atom. The predicted octanol–water partition coefficient (Wildman–Crippen LogP) is 1.79. The van der Waals surface area contributed by atoms with Crippen molar-refractivity contribution in [1.29, 1.82) is 0 Å². The summed E-state index contributed by atoms with van der Waals surface area (Å²) >= 11 is 1.74. The number of thiazole rings is 1. The van der Waals surface area contributed by atoms with Crippen LogP contribution in [-0.4, -0.2) is 23.2 Å². The van der Waals surface area contributed by atoms with E-state index in [0.717, 1.165) is 23.7 Å². The number of nitrogens with zero attached hydrogens (tertiary/aromatic N) is 1. The van der Waals surface area contributed by atoms with Crippen molar-refractivity contribution in [1.82, 2.24) is 10.3 Å². The largest absolute Gasteiger partial charge is 0.396 e. The monoisotopic (exact) mass is 214 g/mol. The molecular weight excluding hydrogens is 196 g/mol. The molecule has 0 saturated carbocycles. The molecule has 1 aromatic rings. The molecule has 0 aliphatic carbocycles. The molecule has 0 aliphatic rings. The van der Waals surface area contributed by atoms with Crippen molar-refractivity contribution in [2.24, 2.45) is 0 Å². The summed E-state index contributed by atoms with van der Waals surface area (Å²) in [5.74, 6) is 0. The Kier molecular flexibility index (Phi) is 4.51. The highest BCUT2D eigenvalue weighted by molar-refractivity contribution is 7.11. The van der Waals surface area contributed by atoms with Crippen LogP contribution < -0.4 is 5.32 Å². The van der Waals surface area contributed by atoms with Crippen molar-refractivity contribution in [3.05, 3.63) is 15.6 Å². The minimum atomic E-state index is 0.245. The minimum absolute atomic E-state index is 0.245. The fourth-order valence-electron chi connectivity index (χ4n) is 1.44. The highest BCUT2D eigenvalue weighted by Gasteiger charge is 2.11. The van der Waals surface area contributed by atoms with Gasteiger partial charge in [-0.05, 0) is 33.7 Å². The van der Waals surface area contributed by atoms with Crippen molar-refractivity contribution >= 4 is 11.3 Å². The molecule has 0 aliphatic heterocycles. The van der Waals surface area contributed by atoms with Crippen LogP contribution in [0.1, 0.15) is 35.0 Å².